The summed E-state index contributed by atoms with van der Waals surface area (Å²) >= 11 is 0. The van der Waals surface area contributed by atoms with Crippen molar-refractivity contribution in [1.82, 2.24) is 9.78 Å². The Labute approximate surface area is 108 Å². The summed E-state index contributed by atoms with van der Waals surface area (Å²) in [4.78, 5) is 0. The highest BCUT2D eigenvalue weighted by Crippen LogP contribution is 2.32. The van der Waals surface area contributed by atoms with Gasteiger partial charge in [-0.25, -0.2) is 0 Å². The number of nitrogens with one attached hydrogen (secondary N) is 1. The van der Waals surface area contributed by atoms with Crippen LogP contribution in [0.3, 0.4) is 0 Å². The van der Waals surface area contributed by atoms with E-state index < -0.39 is 11.7 Å². The van der Waals surface area contributed by atoms with E-state index in [2.05, 4.69) is 10.4 Å². The van der Waals surface area contributed by atoms with E-state index in [0.29, 0.717) is 12.2 Å². The van der Waals surface area contributed by atoms with Gasteiger partial charge in [-0.05, 0) is 24.3 Å². The van der Waals surface area contributed by atoms with Crippen molar-refractivity contribution < 1.29 is 13.2 Å². The summed E-state index contributed by atoms with van der Waals surface area (Å²) in [5.74, 6) is 0. The second kappa shape index (κ2) is 4.83. The molecule has 0 aliphatic heterocycles. The van der Waals surface area contributed by atoms with Gasteiger partial charge in [0, 0.05) is 13.2 Å². The van der Waals surface area contributed by atoms with Gasteiger partial charge in [-0.3, -0.25) is 4.68 Å². The third-order valence-electron chi connectivity index (χ3n) is 2.76. The normalized spacial score (nSPS) is 11.6. The summed E-state index contributed by atoms with van der Waals surface area (Å²) < 4.78 is 39.1. The number of nitrogens with two attached hydrogens (primary N) is 1. The van der Waals surface area contributed by atoms with Crippen molar-refractivity contribution in [3.05, 3.63) is 41.7 Å². The van der Waals surface area contributed by atoms with Gasteiger partial charge in [-0.1, -0.05) is 0 Å². The summed E-state index contributed by atoms with van der Waals surface area (Å²) in [6.45, 7) is 0.437. The Morgan fingerprint density at radius 1 is 1.32 bits per heavy atom. The molecule has 3 N–H and O–H groups in total. The van der Waals surface area contributed by atoms with Crippen LogP contribution < -0.4 is 11.1 Å². The molecule has 0 fully saturated rings. The van der Waals surface area contributed by atoms with Gasteiger partial charge in [-0.15, -0.1) is 0 Å². The molecule has 19 heavy (non-hydrogen) atoms. The number of aryl methyl sites for hydroxylation is 1. The van der Waals surface area contributed by atoms with Gasteiger partial charge in [0.15, 0.2) is 0 Å². The first-order valence-corrected chi connectivity index (χ1v) is 5.55. The van der Waals surface area contributed by atoms with Crippen LogP contribution in [0.5, 0.6) is 0 Å². The lowest BCUT2D eigenvalue weighted by Crippen LogP contribution is -2.09. The number of rotatable bonds is 3. The predicted octanol–water partition coefficient (Wildman–Crippen LogP) is 2.63. The Kier molecular flexibility index (Phi) is 3.37. The number of halogens is 3. The molecule has 2 aromatic rings. The molecule has 0 amide bonds. The van der Waals surface area contributed by atoms with Crippen LogP contribution >= 0.6 is 0 Å². The third-order valence-corrected chi connectivity index (χ3v) is 2.76. The first-order chi connectivity index (χ1) is 8.88. The van der Waals surface area contributed by atoms with Gasteiger partial charge in [0.2, 0.25) is 0 Å². The second-order valence-electron chi connectivity index (χ2n) is 4.10. The smallest absolute Gasteiger partial charge is 0.397 e. The van der Waals surface area contributed by atoms with Crippen LogP contribution in [0.4, 0.5) is 24.5 Å². The Morgan fingerprint density at radius 2 is 2.05 bits per heavy atom. The lowest BCUT2D eigenvalue weighted by Gasteiger charge is -2.12. The maximum Gasteiger partial charge on any atom is 0.416 e. The third kappa shape index (κ3) is 2.98. The Hall–Kier alpha value is -2.18. The van der Waals surface area contributed by atoms with Crippen LogP contribution in [-0.4, -0.2) is 9.78 Å². The number of nitrogen functional groups attached to an aromatic ring is 1. The molecule has 7 heteroatoms. The van der Waals surface area contributed by atoms with Crippen molar-refractivity contribution in [2.24, 2.45) is 7.05 Å². The lowest BCUT2D eigenvalue weighted by atomic mass is 10.1. The molecule has 0 atom stereocenters. The van der Waals surface area contributed by atoms with Crippen LogP contribution in [0.2, 0.25) is 0 Å². The summed E-state index contributed by atoms with van der Waals surface area (Å²) in [6.07, 6.45) is -2.73. The molecule has 1 aromatic carbocycles. The molecule has 0 radical (unpaired) electrons. The number of alkyl halides is 3. The monoisotopic (exact) mass is 270 g/mol. The highest BCUT2D eigenvalue weighted by Gasteiger charge is 2.30. The summed E-state index contributed by atoms with van der Waals surface area (Å²) in [6, 6.07) is 5.06. The van der Waals surface area contributed by atoms with Gasteiger partial charge < -0.3 is 11.1 Å². The summed E-state index contributed by atoms with van der Waals surface area (Å²) in [5, 5.41) is 6.98. The van der Waals surface area contributed by atoms with Crippen LogP contribution in [0.1, 0.15) is 11.3 Å². The second-order valence-corrected chi connectivity index (χ2v) is 4.10. The van der Waals surface area contributed by atoms with Gasteiger partial charge in [0.05, 0.1) is 29.2 Å². The van der Waals surface area contributed by atoms with Crippen LogP contribution in [-0.2, 0) is 19.8 Å². The maximum absolute atomic E-state index is 12.5. The molecule has 4 nitrogen and oxygen atoms in total. The zero-order valence-corrected chi connectivity index (χ0v) is 10.2. The molecule has 0 aliphatic carbocycles. The topological polar surface area (TPSA) is 55.9 Å². The molecule has 2 rings (SSSR count). The Morgan fingerprint density at radius 3 is 2.58 bits per heavy atom. The van der Waals surface area contributed by atoms with Gasteiger partial charge in [-0.2, -0.15) is 18.3 Å². The van der Waals surface area contributed by atoms with Gasteiger partial charge >= 0.3 is 6.18 Å². The summed E-state index contributed by atoms with van der Waals surface area (Å²) in [7, 11) is 1.78. The zero-order chi connectivity index (χ0) is 14.0. The Balaban J connectivity index is 2.12. The van der Waals surface area contributed by atoms with Gasteiger partial charge in [0.25, 0.3) is 0 Å². The van der Waals surface area contributed by atoms with E-state index in [1.807, 2.05) is 6.07 Å². The Bertz CT molecular complexity index is 575. The molecule has 0 aliphatic rings. The number of hydrogen-bond donors (Lipinski definition) is 2. The van der Waals surface area contributed by atoms with E-state index >= 15 is 0 Å². The number of aromatic nitrogens is 2. The van der Waals surface area contributed by atoms with E-state index in [0.717, 1.165) is 17.8 Å². The largest absolute Gasteiger partial charge is 0.416 e. The minimum Gasteiger partial charge on any atom is -0.397 e. The number of hydrogen-bond acceptors (Lipinski definition) is 3. The molecular formula is C12H13F3N4. The van der Waals surface area contributed by atoms with Gasteiger partial charge in [0.1, 0.15) is 0 Å². The summed E-state index contributed by atoms with van der Waals surface area (Å²) in [5.41, 5.74) is 6.29. The molecule has 0 saturated carbocycles. The van der Waals surface area contributed by atoms with Crippen molar-refractivity contribution in [2.45, 2.75) is 12.7 Å². The number of nitrogens with zero attached hydrogens (tertiary/aromatic N) is 2. The average Bonchev–Trinajstić information content (AvgIpc) is 2.72. The minimum atomic E-state index is -4.38. The number of benzene rings is 1. The molecule has 0 spiro atoms. The molecule has 0 bridgehead atoms. The molecule has 1 aromatic heterocycles. The maximum atomic E-state index is 12.5. The standard InChI is InChI=1S/C12H13F3N4/c1-19-9(4-5-18-19)7-17-11-3-2-8(6-10(11)16)12(13,14)15/h2-6,17H,7,16H2,1H3. The fourth-order valence-corrected chi connectivity index (χ4v) is 1.66. The fraction of sp³-hybridized carbons (Fsp3) is 0.250. The van der Waals surface area contributed by atoms with Crippen molar-refractivity contribution in [2.75, 3.05) is 11.1 Å². The van der Waals surface area contributed by atoms with Crippen LogP contribution in [0, 0.1) is 0 Å². The molecule has 0 saturated heterocycles. The van der Waals surface area contributed by atoms with E-state index in [1.54, 1.807) is 17.9 Å². The molecule has 102 valence electrons. The highest BCUT2D eigenvalue weighted by atomic mass is 19.4. The van der Waals surface area contributed by atoms with E-state index in [1.165, 1.54) is 6.07 Å². The first kappa shape index (κ1) is 13.3. The first-order valence-electron chi connectivity index (χ1n) is 5.55. The SMILES string of the molecule is Cn1nccc1CNc1ccc(C(F)(F)F)cc1N. The van der Waals surface area contributed by atoms with Crippen LogP contribution in [0.25, 0.3) is 0 Å². The predicted molar refractivity (Wildman–Crippen MR) is 66.4 cm³/mol. The lowest BCUT2D eigenvalue weighted by molar-refractivity contribution is -0.137. The molecule has 1 heterocycles. The molecule has 0 unspecified atom stereocenters. The molecular weight excluding hydrogens is 257 g/mol. The van der Waals surface area contributed by atoms with Crippen molar-refractivity contribution in [1.29, 1.82) is 0 Å². The van der Waals surface area contributed by atoms with Crippen LogP contribution in [0.15, 0.2) is 30.5 Å². The highest BCUT2D eigenvalue weighted by molar-refractivity contribution is 5.67. The average molecular weight is 270 g/mol. The van der Waals surface area contributed by atoms with Crippen molar-refractivity contribution >= 4 is 11.4 Å². The fourth-order valence-electron chi connectivity index (χ4n) is 1.66. The zero-order valence-electron chi connectivity index (χ0n) is 10.2. The minimum absolute atomic E-state index is 0.0667. The quantitative estimate of drug-likeness (QED) is 0.843. The van der Waals surface area contributed by atoms with Crippen molar-refractivity contribution in [3.63, 3.8) is 0 Å². The van der Waals surface area contributed by atoms with Crippen molar-refractivity contribution in [3.8, 4) is 0 Å². The van der Waals surface area contributed by atoms with E-state index in [-0.39, 0.29) is 5.69 Å². The van der Waals surface area contributed by atoms with E-state index in [4.69, 9.17) is 5.73 Å². The van der Waals surface area contributed by atoms with E-state index in [9.17, 15) is 13.2 Å². The number of anilines is 2.